The lowest BCUT2D eigenvalue weighted by Crippen LogP contribution is -2.42. The van der Waals surface area contributed by atoms with Crippen molar-refractivity contribution in [2.45, 2.75) is 99.2 Å². The molecular formula is C28H43NO11. The third-order valence-corrected chi connectivity index (χ3v) is 5.86. The van der Waals surface area contributed by atoms with Gasteiger partial charge >= 0.3 is 24.4 Å². The van der Waals surface area contributed by atoms with Gasteiger partial charge in [0.15, 0.2) is 11.5 Å². The zero-order chi connectivity index (χ0) is 30.6. The van der Waals surface area contributed by atoms with Gasteiger partial charge in [0.25, 0.3) is 0 Å². The van der Waals surface area contributed by atoms with E-state index in [1.807, 2.05) is 27.7 Å². The molecule has 1 aromatic carbocycles. The number of carboxylic acids is 1. The van der Waals surface area contributed by atoms with Crippen molar-refractivity contribution in [3.63, 3.8) is 0 Å². The van der Waals surface area contributed by atoms with Crippen molar-refractivity contribution in [2.75, 3.05) is 6.54 Å². The highest BCUT2D eigenvalue weighted by Crippen LogP contribution is 2.30. The van der Waals surface area contributed by atoms with Crippen molar-refractivity contribution in [3.05, 3.63) is 23.8 Å². The number of benzene rings is 1. The lowest BCUT2D eigenvalue weighted by Gasteiger charge is -2.20. The van der Waals surface area contributed by atoms with E-state index in [-0.39, 0.29) is 42.4 Å². The molecule has 0 aliphatic heterocycles. The third-order valence-electron chi connectivity index (χ3n) is 5.86. The number of hydrogen-bond donors (Lipinski definition) is 2. The van der Waals surface area contributed by atoms with Crippen molar-refractivity contribution in [1.29, 1.82) is 0 Å². The normalized spacial score (nSPS) is 14.2. The smallest absolute Gasteiger partial charge is 0.480 e. The second-order valence-corrected chi connectivity index (χ2v) is 10.5. The van der Waals surface area contributed by atoms with Gasteiger partial charge in [-0.1, -0.05) is 33.8 Å². The van der Waals surface area contributed by atoms with Gasteiger partial charge in [-0.2, -0.15) is 0 Å². The summed E-state index contributed by atoms with van der Waals surface area (Å²) < 4.78 is 31.1. The van der Waals surface area contributed by atoms with Gasteiger partial charge in [-0.25, -0.2) is 14.4 Å². The van der Waals surface area contributed by atoms with Crippen molar-refractivity contribution in [3.8, 4) is 11.5 Å². The lowest BCUT2D eigenvalue weighted by atomic mass is 10.0. The maximum atomic E-state index is 12.4. The molecule has 0 amide bonds. The monoisotopic (exact) mass is 569 g/mol. The van der Waals surface area contributed by atoms with Crippen LogP contribution in [0.15, 0.2) is 18.2 Å². The first-order valence-electron chi connectivity index (χ1n) is 13.3. The molecule has 226 valence electrons. The molecule has 0 aliphatic carbocycles. The Bertz CT molecular complexity index is 992. The fourth-order valence-corrected chi connectivity index (χ4v) is 2.86. The third kappa shape index (κ3) is 13.0. The van der Waals surface area contributed by atoms with E-state index in [9.17, 15) is 24.3 Å². The molecule has 0 saturated heterocycles. The minimum atomic E-state index is -1.16. The summed E-state index contributed by atoms with van der Waals surface area (Å²) in [5.41, 5.74) is 0.448. The molecule has 40 heavy (non-hydrogen) atoms. The molecule has 1 aromatic rings. The quantitative estimate of drug-likeness (QED) is 0.169. The Morgan fingerprint density at radius 3 is 1.73 bits per heavy atom. The van der Waals surface area contributed by atoms with E-state index in [2.05, 4.69) is 5.32 Å². The molecule has 1 rings (SSSR count). The van der Waals surface area contributed by atoms with Crippen LogP contribution < -0.4 is 14.8 Å². The van der Waals surface area contributed by atoms with Crippen LogP contribution in [0.3, 0.4) is 0 Å². The van der Waals surface area contributed by atoms with Crippen molar-refractivity contribution >= 4 is 24.4 Å². The topological polar surface area (TPSA) is 156 Å². The Labute approximate surface area is 235 Å². The van der Waals surface area contributed by atoms with E-state index in [1.54, 1.807) is 34.6 Å². The SMILES string of the molecule is CC(C)OC(=O)OC(C)CN[C@@H](Cc1ccc(OC(=O)OC(C)C(C)C)c(OC(=O)OC(C)C(C)C)c1)C(=O)O. The zero-order valence-corrected chi connectivity index (χ0v) is 24.7. The molecule has 0 saturated carbocycles. The van der Waals surface area contributed by atoms with Crippen LogP contribution in [0.1, 0.15) is 67.9 Å². The number of rotatable bonds is 14. The van der Waals surface area contributed by atoms with E-state index in [0.29, 0.717) is 5.56 Å². The first-order chi connectivity index (χ1) is 18.6. The first kappa shape index (κ1) is 34.5. The van der Waals surface area contributed by atoms with Gasteiger partial charge in [0.1, 0.15) is 24.4 Å². The highest BCUT2D eigenvalue weighted by Gasteiger charge is 2.24. The van der Waals surface area contributed by atoms with Crippen LogP contribution in [0.2, 0.25) is 0 Å². The Balaban J connectivity index is 3.07. The molecule has 4 atom stereocenters. The maximum absolute atomic E-state index is 12.4. The summed E-state index contributed by atoms with van der Waals surface area (Å²) in [7, 11) is 0. The molecule has 0 bridgehead atoms. The number of hydrogen-bond acceptors (Lipinski definition) is 11. The number of carboxylic acid groups (broad SMARTS) is 1. The van der Waals surface area contributed by atoms with Crippen LogP contribution in [-0.4, -0.2) is 66.5 Å². The average molecular weight is 570 g/mol. The molecule has 12 heteroatoms. The highest BCUT2D eigenvalue weighted by molar-refractivity contribution is 5.74. The Kier molecular flexibility index (Phi) is 14.3. The van der Waals surface area contributed by atoms with E-state index in [1.165, 1.54) is 18.2 Å². The van der Waals surface area contributed by atoms with E-state index >= 15 is 0 Å². The summed E-state index contributed by atoms with van der Waals surface area (Å²) in [4.78, 5) is 48.3. The van der Waals surface area contributed by atoms with Gasteiger partial charge in [0.2, 0.25) is 0 Å². The number of carbonyl (C=O) groups excluding carboxylic acids is 3. The number of aliphatic carboxylic acids is 1. The Morgan fingerprint density at radius 1 is 0.725 bits per heavy atom. The van der Waals surface area contributed by atoms with Crippen LogP contribution >= 0.6 is 0 Å². The van der Waals surface area contributed by atoms with Gasteiger partial charge < -0.3 is 38.8 Å². The molecule has 0 aliphatic rings. The summed E-state index contributed by atoms with van der Waals surface area (Å²) in [5, 5.41) is 12.6. The standard InChI is InChI=1S/C28H43NO11/c1-15(2)19(8)37-27(33)39-23-11-10-21(13-24(23)40-28(34)38-20(9)16(3)4)12-22(25(30)31)29-14-18(7)36-26(32)35-17(5)6/h10-11,13,15-20,22,29H,12,14H2,1-9H3,(H,30,31)/t18?,19?,20?,22-/m0/s1. The zero-order valence-electron chi connectivity index (χ0n) is 24.7. The van der Waals surface area contributed by atoms with Crippen molar-refractivity contribution in [1.82, 2.24) is 5.32 Å². The van der Waals surface area contributed by atoms with Crippen LogP contribution in [-0.2, 0) is 30.2 Å². The molecule has 12 nitrogen and oxygen atoms in total. The highest BCUT2D eigenvalue weighted by atomic mass is 16.8. The van der Waals surface area contributed by atoms with Crippen LogP contribution in [0.4, 0.5) is 14.4 Å². The van der Waals surface area contributed by atoms with Crippen molar-refractivity contribution in [2.24, 2.45) is 11.8 Å². The minimum absolute atomic E-state index is 0.0307. The molecule has 0 aromatic heterocycles. The molecule has 0 spiro atoms. The van der Waals surface area contributed by atoms with Crippen LogP contribution in [0.5, 0.6) is 11.5 Å². The number of nitrogens with one attached hydrogen (secondary N) is 1. The Morgan fingerprint density at radius 2 is 1.25 bits per heavy atom. The largest absolute Gasteiger partial charge is 0.514 e. The fraction of sp³-hybridized carbons (Fsp3) is 0.643. The number of carbonyl (C=O) groups is 4. The summed E-state index contributed by atoms with van der Waals surface area (Å²) in [5.74, 6) is -1.33. The van der Waals surface area contributed by atoms with Gasteiger partial charge in [-0.3, -0.25) is 4.79 Å². The Hall–Kier alpha value is -3.54. The summed E-state index contributed by atoms with van der Waals surface area (Å²) in [6, 6.07) is 3.20. The van der Waals surface area contributed by atoms with E-state index in [0.717, 1.165) is 0 Å². The average Bonchev–Trinajstić information content (AvgIpc) is 2.82. The lowest BCUT2D eigenvalue weighted by molar-refractivity contribution is -0.139. The van der Waals surface area contributed by atoms with Gasteiger partial charge in [-0.15, -0.1) is 0 Å². The molecule has 2 N–H and O–H groups in total. The first-order valence-corrected chi connectivity index (χ1v) is 13.3. The molecule has 3 unspecified atom stereocenters. The van der Waals surface area contributed by atoms with Crippen molar-refractivity contribution < 1.29 is 52.7 Å². The summed E-state index contributed by atoms with van der Waals surface area (Å²) in [6.07, 6.45) is -4.78. The minimum Gasteiger partial charge on any atom is -0.480 e. The molecule has 0 fully saturated rings. The maximum Gasteiger partial charge on any atom is 0.514 e. The van der Waals surface area contributed by atoms with E-state index < -0.39 is 48.8 Å². The van der Waals surface area contributed by atoms with Gasteiger partial charge in [0, 0.05) is 6.54 Å². The summed E-state index contributed by atoms with van der Waals surface area (Å²) >= 11 is 0. The van der Waals surface area contributed by atoms with Gasteiger partial charge in [0.05, 0.1) is 6.10 Å². The van der Waals surface area contributed by atoms with Gasteiger partial charge in [-0.05, 0) is 70.6 Å². The predicted molar refractivity (Wildman–Crippen MR) is 145 cm³/mol. The molecule has 0 radical (unpaired) electrons. The fourth-order valence-electron chi connectivity index (χ4n) is 2.86. The molecule has 0 heterocycles. The molecular weight excluding hydrogens is 526 g/mol. The van der Waals surface area contributed by atoms with E-state index in [4.69, 9.17) is 28.4 Å². The summed E-state index contributed by atoms with van der Waals surface area (Å²) in [6.45, 7) is 15.9. The van der Waals surface area contributed by atoms with Crippen LogP contribution in [0, 0.1) is 11.8 Å². The number of ether oxygens (including phenoxy) is 6. The second-order valence-electron chi connectivity index (χ2n) is 10.5. The predicted octanol–water partition coefficient (Wildman–Crippen LogP) is 5.34. The second kappa shape index (κ2) is 16.5. The van der Waals surface area contributed by atoms with Crippen LogP contribution in [0.25, 0.3) is 0 Å².